The number of carboxylic acids is 1. The Hall–Kier alpha value is -1.06. The molecule has 2 aromatic rings. The Kier molecular flexibility index (Phi) is 6.27. The lowest BCUT2D eigenvalue weighted by Crippen LogP contribution is -2.08. The molecule has 1 aromatic heterocycles. The van der Waals surface area contributed by atoms with Crippen molar-refractivity contribution < 1.29 is 14.6 Å². The lowest BCUT2D eigenvalue weighted by atomic mass is 10.3. The van der Waals surface area contributed by atoms with Gasteiger partial charge in [0.2, 0.25) is 0 Å². The van der Waals surface area contributed by atoms with Crippen molar-refractivity contribution in [1.82, 2.24) is 14.8 Å². The summed E-state index contributed by atoms with van der Waals surface area (Å²) < 4.78 is 9.38. The van der Waals surface area contributed by atoms with Crippen LogP contribution in [0, 0.1) is 0 Å². The molecule has 0 spiro atoms. The van der Waals surface area contributed by atoms with Crippen LogP contribution < -0.4 is 4.74 Å². The van der Waals surface area contributed by atoms with Crippen LogP contribution in [0.3, 0.4) is 0 Å². The minimum atomic E-state index is -0.882. The van der Waals surface area contributed by atoms with Crippen molar-refractivity contribution in [3.05, 3.63) is 33.0 Å². The molecule has 0 aliphatic rings. The van der Waals surface area contributed by atoms with E-state index in [1.165, 1.54) is 0 Å². The first-order valence-electron chi connectivity index (χ1n) is 6.35. The Morgan fingerprint density at radius 2 is 2.18 bits per heavy atom. The summed E-state index contributed by atoms with van der Waals surface area (Å²) in [6, 6.07) is 5.63. The predicted octanol–water partition coefficient (Wildman–Crippen LogP) is 3.58. The summed E-state index contributed by atoms with van der Waals surface area (Å²) in [6.45, 7) is 2.86. The highest BCUT2D eigenvalue weighted by Gasteiger charge is 2.13. The summed E-state index contributed by atoms with van der Waals surface area (Å²) in [5.74, 6) is 0.433. The largest absolute Gasteiger partial charge is 0.484 e. The number of halogens is 2. The molecule has 0 atom stereocenters. The Morgan fingerprint density at radius 1 is 1.41 bits per heavy atom. The number of hydrogen-bond donors (Lipinski definition) is 1. The Morgan fingerprint density at radius 3 is 2.82 bits per heavy atom. The number of carbonyl (C=O) groups is 1. The fraction of sp³-hybridized carbons (Fsp3) is 0.308. The molecule has 118 valence electrons. The molecule has 1 aromatic carbocycles. The maximum atomic E-state index is 10.6. The molecule has 0 saturated heterocycles. The minimum absolute atomic E-state index is 0.0444. The van der Waals surface area contributed by atoms with Gasteiger partial charge in [-0.25, -0.2) is 0 Å². The number of ether oxygens (including phenoxy) is 1. The molecule has 0 aliphatic carbocycles. The average molecular weight is 451 g/mol. The monoisotopic (exact) mass is 449 g/mol. The zero-order valence-corrected chi connectivity index (χ0v) is 15.6. The quantitative estimate of drug-likeness (QED) is 0.649. The zero-order valence-electron chi connectivity index (χ0n) is 11.6. The van der Waals surface area contributed by atoms with E-state index in [2.05, 4.69) is 42.1 Å². The summed E-state index contributed by atoms with van der Waals surface area (Å²) >= 11 is 7.97. The molecule has 1 N–H and O–H groups in total. The summed E-state index contributed by atoms with van der Waals surface area (Å²) in [5.41, 5.74) is 0. The second-order valence-electron chi connectivity index (χ2n) is 4.19. The summed E-state index contributed by atoms with van der Waals surface area (Å²) in [4.78, 5) is 10.6. The number of thioether (sulfide) groups is 1. The second-order valence-corrected chi connectivity index (χ2v) is 6.90. The van der Waals surface area contributed by atoms with Crippen LogP contribution in [0.2, 0.25) is 0 Å². The van der Waals surface area contributed by atoms with Gasteiger partial charge in [0.1, 0.15) is 12.4 Å². The normalized spacial score (nSPS) is 10.7. The van der Waals surface area contributed by atoms with Crippen LogP contribution >= 0.6 is 43.6 Å². The van der Waals surface area contributed by atoms with E-state index in [9.17, 15) is 4.79 Å². The van der Waals surface area contributed by atoms with Crippen molar-refractivity contribution in [3.8, 4) is 5.75 Å². The predicted molar refractivity (Wildman–Crippen MR) is 90.2 cm³/mol. The van der Waals surface area contributed by atoms with Crippen molar-refractivity contribution in [2.45, 2.75) is 25.2 Å². The summed E-state index contributed by atoms with van der Waals surface area (Å²) in [7, 11) is 0. The van der Waals surface area contributed by atoms with E-state index in [0.29, 0.717) is 23.3 Å². The van der Waals surface area contributed by atoms with Gasteiger partial charge in [-0.05, 0) is 41.1 Å². The highest BCUT2D eigenvalue weighted by molar-refractivity contribution is 9.11. The Labute approximate surface area is 148 Å². The molecule has 6 nitrogen and oxygen atoms in total. The molecule has 22 heavy (non-hydrogen) atoms. The maximum absolute atomic E-state index is 10.6. The molecule has 0 saturated carbocycles. The fourth-order valence-electron chi connectivity index (χ4n) is 1.71. The maximum Gasteiger partial charge on any atom is 0.313 e. The number of nitrogens with zero attached hydrogens (tertiary/aromatic N) is 3. The smallest absolute Gasteiger partial charge is 0.313 e. The Balaban J connectivity index is 2.07. The number of rotatable bonds is 7. The van der Waals surface area contributed by atoms with Crippen molar-refractivity contribution in [1.29, 1.82) is 0 Å². The number of benzene rings is 1. The van der Waals surface area contributed by atoms with Gasteiger partial charge in [-0.3, -0.25) is 4.79 Å². The Bertz CT molecular complexity index is 679. The van der Waals surface area contributed by atoms with Crippen molar-refractivity contribution in [2.24, 2.45) is 0 Å². The topological polar surface area (TPSA) is 77.2 Å². The van der Waals surface area contributed by atoms with Crippen molar-refractivity contribution >= 4 is 49.6 Å². The van der Waals surface area contributed by atoms with Gasteiger partial charge >= 0.3 is 5.97 Å². The van der Waals surface area contributed by atoms with Gasteiger partial charge in [0.25, 0.3) is 0 Å². The molecule has 0 amide bonds. The highest BCUT2D eigenvalue weighted by Crippen LogP contribution is 2.29. The second kappa shape index (κ2) is 7.98. The third-order valence-corrected chi connectivity index (χ3v) is 4.75. The van der Waals surface area contributed by atoms with Gasteiger partial charge < -0.3 is 14.4 Å². The summed E-state index contributed by atoms with van der Waals surface area (Å²) in [5, 5.41) is 17.4. The van der Waals surface area contributed by atoms with E-state index < -0.39 is 5.97 Å². The SMILES string of the molecule is CCn1c(COc2ccc(Br)cc2Br)nnc1SCC(=O)O. The van der Waals surface area contributed by atoms with E-state index in [1.807, 2.05) is 29.7 Å². The van der Waals surface area contributed by atoms with Gasteiger partial charge in [0, 0.05) is 11.0 Å². The van der Waals surface area contributed by atoms with E-state index in [4.69, 9.17) is 9.84 Å². The van der Waals surface area contributed by atoms with Crippen LogP contribution in [-0.2, 0) is 17.9 Å². The average Bonchev–Trinajstić information content (AvgIpc) is 2.86. The van der Waals surface area contributed by atoms with Crippen LogP contribution in [0.5, 0.6) is 5.75 Å². The number of hydrogen-bond acceptors (Lipinski definition) is 5. The van der Waals surface area contributed by atoms with Gasteiger partial charge in [0.15, 0.2) is 11.0 Å². The highest BCUT2D eigenvalue weighted by atomic mass is 79.9. The van der Waals surface area contributed by atoms with E-state index in [-0.39, 0.29) is 12.4 Å². The van der Waals surface area contributed by atoms with Gasteiger partial charge in [-0.2, -0.15) is 0 Å². The standard InChI is InChI=1S/C13H13Br2N3O3S/c1-2-18-11(16-17-13(18)22-7-12(19)20)6-21-10-4-3-8(14)5-9(10)15/h3-5H,2,6-7H2,1H3,(H,19,20). The minimum Gasteiger partial charge on any atom is -0.484 e. The molecule has 9 heteroatoms. The molecule has 0 radical (unpaired) electrons. The van der Waals surface area contributed by atoms with Crippen LogP contribution in [0.4, 0.5) is 0 Å². The third kappa shape index (κ3) is 4.47. The molecule has 1 heterocycles. The lowest BCUT2D eigenvalue weighted by molar-refractivity contribution is -0.133. The molecule has 0 aliphatic heterocycles. The first-order chi connectivity index (χ1) is 10.5. The van der Waals surface area contributed by atoms with E-state index >= 15 is 0 Å². The first kappa shape index (κ1) is 17.3. The molecular formula is C13H13Br2N3O3S. The molecule has 0 fully saturated rings. The van der Waals surface area contributed by atoms with Crippen LogP contribution in [0.25, 0.3) is 0 Å². The zero-order chi connectivity index (χ0) is 16.1. The van der Waals surface area contributed by atoms with E-state index in [1.54, 1.807) is 0 Å². The third-order valence-electron chi connectivity index (χ3n) is 2.69. The van der Waals surface area contributed by atoms with Crippen molar-refractivity contribution in [2.75, 3.05) is 5.75 Å². The molecule has 2 rings (SSSR count). The van der Waals surface area contributed by atoms with Crippen LogP contribution in [-0.4, -0.2) is 31.6 Å². The van der Waals surface area contributed by atoms with Gasteiger partial charge in [-0.1, -0.05) is 27.7 Å². The summed E-state index contributed by atoms with van der Waals surface area (Å²) in [6.07, 6.45) is 0. The van der Waals surface area contributed by atoms with Gasteiger partial charge in [-0.15, -0.1) is 10.2 Å². The van der Waals surface area contributed by atoms with Gasteiger partial charge in [0.05, 0.1) is 10.2 Å². The van der Waals surface area contributed by atoms with Crippen LogP contribution in [0.15, 0.2) is 32.3 Å². The fourth-order valence-corrected chi connectivity index (χ4v) is 3.61. The number of aromatic nitrogens is 3. The number of carboxylic acid groups (broad SMARTS) is 1. The lowest BCUT2D eigenvalue weighted by Gasteiger charge is -2.10. The van der Waals surface area contributed by atoms with E-state index in [0.717, 1.165) is 20.7 Å². The van der Waals surface area contributed by atoms with Crippen molar-refractivity contribution in [3.63, 3.8) is 0 Å². The first-order valence-corrected chi connectivity index (χ1v) is 8.93. The number of aliphatic carboxylic acids is 1. The van der Waals surface area contributed by atoms with Crippen LogP contribution in [0.1, 0.15) is 12.7 Å². The molecule has 0 unspecified atom stereocenters. The molecular weight excluding hydrogens is 438 g/mol. The molecule has 0 bridgehead atoms.